The Kier molecular flexibility index (Phi) is 4.39. The van der Waals surface area contributed by atoms with Crippen LogP contribution in [0, 0.1) is 4.77 Å². The van der Waals surface area contributed by atoms with Gasteiger partial charge in [-0.2, -0.15) is 0 Å². The van der Waals surface area contributed by atoms with E-state index in [1.54, 1.807) is 18.2 Å². The van der Waals surface area contributed by atoms with E-state index in [-0.39, 0.29) is 5.70 Å². The van der Waals surface area contributed by atoms with Crippen molar-refractivity contribution in [3.8, 4) is 0 Å². The van der Waals surface area contributed by atoms with Crippen LogP contribution in [0.25, 0.3) is 11.0 Å². The number of hydrogen-bond acceptors (Lipinski definition) is 6. The van der Waals surface area contributed by atoms with Gasteiger partial charge in [0.25, 0.3) is 0 Å². The van der Waals surface area contributed by atoms with E-state index in [0.29, 0.717) is 10.5 Å². The van der Waals surface area contributed by atoms with Gasteiger partial charge in [0.2, 0.25) is 0 Å². The lowest BCUT2D eigenvalue weighted by molar-refractivity contribution is -0.138. The van der Waals surface area contributed by atoms with Gasteiger partial charge in [0.1, 0.15) is 5.70 Å². The molecule has 0 saturated carbocycles. The number of carbonyl (C=O) groups excluding carboxylic acids is 2. The Bertz CT molecular complexity index is 775. The first kappa shape index (κ1) is 14.8. The second kappa shape index (κ2) is 6.23. The Balaban J connectivity index is 2.33. The molecular weight excluding hydrogens is 294 g/mol. The zero-order valence-corrected chi connectivity index (χ0v) is 12.2. The van der Waals surface area contributed by atoms with E-state index in [1.165, 1.54) is 14.2 Å². The molecule has 1 aromatic carbocycles. The maximum absolute atomic E-state index is 11.6. The third kappa shape index (κ3) is 3.48. The second-order valence-corrected chi connectivity index (χ2v) is 4.45. The van der Waals surface area contributed by atoms with E-state index in [9.17, 15) is 9.59 Å². The molecule has 3 N–H and O–H groups in total. The smallest absolute Gasteiger partial charge is 0.354 e. The van der Waals surface area contributed by atoms with E-state index in [1.807, 2.05) is 0 Å². The van der Waals surface area contributed by atoms with E-state index in [2.05, 4.69) is 24.8 Å². The molecule has 1 heterocycles. The number of anilines is 1. The third-order valence-corrected chi connectivity index (χ3v) is 2.87. The van der Waals surface area contributed by atoms with Gasteiger partial charge < -0.3 is 24.8 Å². The van der Waals surface area contributed by atoms with Crippen molar-refractivity contribution in [2.24, 2.45) is 0 Å². The van der Waals surface area contributed by atoms with Crippen LogP contribution in [0.4, 0.5) is 5.69 Å². The molecule has 0 amide bonds. The number of hydrogen-bond donors (Lipinski definition) is 3. The maximum Gasteiger partial charge on any atom is 0.354 e. The maximum atomic E-state index is 11.6. The van der Waals surface area contributed by atoms with Crippen molar-refractivity contribution in [3.63, 3.8) is 0 Å². The van der Waals surface area contributed by atoms with Crippen molar-refractivity contribution in [2.45, 2.75) is 0 Å². The van der Waals surface area contributed by atoms with Gasteiger partial charge in [0, 0.05) is 5.69 Å². The van der Waals surface area contributed by atoms with Gasteiger partial charge in [0.15, 0.2) is 4.77 Å². The van der Waals surface area contributed by atoms with Crippen molar-refractivity contribution >= 4 is 40.9 Å². The molecule has 7 nitrogen and oxygen atoms in total. The van der Waals surface area contributed by atoms with E-state index >= 15 is 0 Å². The van der Waals surface area contributed by atoms with Crippen molar-refractivity contribution < 1.29 is 19.1 Å². The van der Waals surface area contributed by atoms with Crippen molar-refractivity contribution in [3.05, 3.63) is 34.7 Å². The first-order valence-electron chi connectivity index (χ1n) is 5.90. The van der Waals surface area contributed by atoms with Gasteiger partial charge in [-0.15, -0.1) is 0 Å². The Labute approximate surface area is 125 Å². The highest BCUT2D eigenvalue weighted by molar-refractivity contribution is 7.71. The van der Waals surface area contributed by atoms with Gasteiger partial charge in [-0.05, 0) is 30.4 Å². The first-order chi connectivity index (χ1) is 10.0. The second-order valence-electron chi connectivity index (χ2n) is 4.04. The molecule has 0 atom stereocenters. The van der Waals surface area contributed by atoms with Gasteiger partial charge in [-0.25, -0.2) is 9.59 Å². The van der Waals surface area contributed by atoms with Gasteiger partial charge in [0.05, 0.1) is 31.3 Å². The van der Waals surface area contributed by atoms with Gasteiger partial charge >= 0.3 is 11.9 Å². The largest absolute Gasteiger partial charge is 0.466 e. The number of methoxy groups -OCH3 is 2. The fourth-order valence-corrected chi connectivity index (χ4v) is 1.92. The molecular formula is C13H13N3O4S. The summed E-state index contributed by atoms with van der Waals surface area (Å²) in [5.74, 6) is -1.34. The number of fused-ring (bicyclic) bond motifs is 1. The molecule has 0 spiro atoms. The van der Waals surface area contributed by atoms with Crippen LogP contribution in [0.2, 0.25) is 0 Å². The highest BCUT2D eigenvalue weighted by atomic mass is 32.1. The molecule has 0 saturated heterocycles. The van der Waals surface area contributed by atoms with Crippen LogP contribution >= 0.6 is 12.2 Å². The van der Waals surface area contributed by atoms with Crippen LogP contribution < -0.4 is 5.32 Å². The Morgan fingerprint density at radius 3 is 2.57 bits per heavy atom. The van der Waals surface area contributed by atoms with Gasteiger partial charge in [-0.1, -0.05) is 0 Å². The summed E-state index contributed by atoms with van der Waals surface area (Å²) in [5, 5.41) is 2.81. The molecule has 110 valence electrons. The van der Waals surface area contributed by atoms with E-state index < -0.39 is 11.9 Å². The van der Waals surface area contributed by atoms with Gasteiger partial charge in [-0.3, -0.25) is 0 Å². The van der Waals surface area contributed by atoms with Crippen LogP contribution in [0.15, 0.2) is 30.0 Å². The average molecular weight is 307 g/mol. The summed E-state index contributed by atoms with van der Waals surface area (Å²) in [7, 11) is 2.45. The van der Waals surface area contributed by atoms with Crippen LogP contribution in [-0.4, -0.2) is 36.1 Å². The summed E-state index contributed by atoms with van der Waals surface area (Å²) in [6.07, 6.45) is 1.02. The summed E-state index contributed by atoms with van der Waals surface area (Å²) in [5.41, 5.74) is 2.17. The summed E-state index contributed by atoms with van der Waals surface area (Å²) in [6.45, 7) is 0. The fourth-order valence-electron chi connectivity index (χ4n) is 1.70. The molecule has 0 aliphatic carbocycles. The molecule has 0 aliphatic rings. The topological polar surface area (TPSA) is 96.2 Å². The lowest BCUT2D eigenvalue weighted by atomic mass is 10.2. The van der Waals surface area contributed by atoms with Crippen LogP contribution in [0.3, 0.4) is 0 Å². The highest BCUT2D eigenvalue weighted by Crippen LogP contribution is 2.18. The minimum Gasteiger partial charge on any atom is -0.466 e. The normalized spacial score (nSPS) is 11.2. The molecule has 2 rings (SSSR count). The van der Waals surface area contributed by atoms with Crippen LogP contribution in [0.1, 0.15) is 0 Å². The third-order valence-electron chi connectivity index (χ3n) is 2.66. The van der Waals surface area contributed by atoms with E-state index in [4.69, 9.17) is 12.2 Å². The molecule has 21 heavy (non-hydrogen) atoms. The number of imidazole rings is 1. The average Bonchev–Trinajstić information content (AvgIpc) is 2.84. The number of carbonyl (C=O) groups is 2. The standard InChI is InChI=1S/C13H13N3O4S/c1-19-11(17)6-10(12(18)20-2)14-7-3-4-8-9(5-7)16-13(21)15-8/h3-6,14H,1-2H3,(H2,15,16,21)/b10-6+. The predicted molar refractivity (Wildman–Crippen MR) is 79.2 cm³/mol. The zero-order chi connectivity index (χ0) is 15.4. The Hall–Kier alpha value is -2.61. The van der Waals surface area contributed by atoms with Crippen molar-refractivity contribution in [1.82, 2.24) is 9.97 Å². The summed E-state index contributed by atoms with van der Waals surface area (Å²) >= 11 is 5.00. The molecule has 0 fully saturated rings. The van der Waals surface area contributed by atoms with Crippen molar-refractivity contribution in [2.75, 3.05) is 19.5 Å². The number of benzene rings is 1. The Morgan fingerprint density at radius 1 is 1.19 bits per heavy atom. The quantitative estimate of drug-likeness (QED) is 0.453. The number of ether oxygens (including phenoxy) is 2. The highest BCUT2D eigenvalue weighted by Gasteiger charge is 2.13. The molecule has 1 aromatic heterocycles. The monoisotopic (exact) mass is 307 g/mol. The van der Waals surface area contributed by atoms with Crippen LogP contribution in [0.5, 0.6) is 0 Å². The minimum atomic E-state index is -0.678. The molecule has 0 bridgehead atoms. The van der Waals surface area contributed by atoms with E-state index in [0.717, 1.165) is 17.1 Å². The number of H-pyrrole nitrogens is 2. The molecule has 2 aromatic rings. The molecule has 0 radical (unpaired) electrons. The number of aromatic amines is 2. The van der Waals surface area contributed by atoms with Crippen LogP contribution in [-0.2, 0) is 19.1 Å². The number of nitrogens with one attached hydrogen (secondary N) is 3. The number of aromatic nitrogens is 2. The predicted octanol–water partition coefficient (Wildman–Crippen LogP) is 1.87. The SMILES string of the molecule is COC(=O)/C=C(/Nc1ccc2[nH]c(=S)[nH]c2c1)C(=O)OC. The first-order valence-corrected chi connectivity index (χ1v) is 6.31. The summed E-state index contributed by atoms with van der Waals surface area (Å²) in [6, 6.07) is 5.27. The lowest BCUT2D eigenvalue weighted by Gasteiger charge is -2.08. The molecule has 8 heteroatoms. The minimum absolute atomic E-state index is 0.0298. The molecule has 0 aliphatic heterocycles. The number of rotatable bonds is 4. The lowest BCUT2D eigenvalue weighted by Crippen LogP contribution is -2.15. The number of esters is 2. The summed E-state index contributed by atoms with van der Waals surface area (Å²) in [4.78, 5) is 28.8. The molecule has 0 unspecified atom stereocenters. The van der Waals surface area contributed by atoms with Crippen molar-refractivity contribution in [1.29, 1.82) is 0 Å². The zero-order valence-electron chi connectivity index (χ0n) is 11.4. The Morgan fingerprint density at radius 2 is 1.90 bits per heavy atom. The fraction of sp³-hybridized carbons (Fsp3) is 0.154. The summed E-state index contributed by atoms with van der Waals surface area (Å²) < 4.78 is 9.61.